The standard InChI is InChI=1S/C14H22BrNO/c1-3-4-5-9-14(2,11-17)16-13-8-6-7-12(15)10-13/h6-8,10,16-17H,3-5,9,11H2,1-2H3. The Morgan fingerprint density at radius 1 is 1.35 bits per heavy atom. The minimum atomic E-state index is -0.226. The molecule has 2 N–H and O–H groups in total. The highest BCUT2D eigenvalue weighted by Gasteiger charge is 2.22. The fourth-order valence-electron chi connectivity index (χ4n) is 1.86. The van der Waals surface area contributed by atoms with E-state index >= 15 is 0 Å². The van der Waals surface area contributed by atoms with Crippen LogP contribution in [0, 0.1) is 0 Å². The summed E-state index contributed by atoms with van der Waals surface area (Å²) < 4.78 is 1.05. The van der Waals surface area contributed by atoms with Crippen molar-refractivity contribution in [1.29, 1.82) is 0 Å². The summed E-state index contributed by atoms with van der Waals surface area (Å²) in [6.45, 7) is 4.42. The minimum absolute atomic E-state index is 0.156. The second-order valence-corrected chi connectivity index (χ2v) is 5.73. The largest absolute Gasteiger partial charge is 0.394 e. The van der Waals surface area contributed by atoms with Gasteiger partial charge in [-0.1, -0.05) is 48.2 Å². The van der Waals surface area contributed by atoms with Crippen LogP contribution in [0.4, 0.5) is 5.69 Å². The van der Waals surface area contributed by atoms with Crippen LogP contribution in [0.3, 0.4) is 0 Å². The van der Waals surface area contributed by atoms with Crippen molar-refractivity contribution in [3.8, 4) is 0 Å². The molecule has 0 saturated heterocycles. The number of nitrogens with one attached hydrogen (secondary N) is 1. The molecule has 1 aromatic carbocycles. The Morgan fingerprint density at radius 2 is 2.12 bits per heavy atom. The fourth-order valence-corrected chi connectivity index (χ4v) is 2.26. The molecule has 0 radical (unpaired) electrons. The zero-order chi connectivity index (χ0) is 12.7. The monoisotopic (exact) mass is 299 g/mol. The highest BCUT2D eigenvalue weighted by atomic mass is 79.9. The van der Waals surface area contributed by atoms with Gasteiger partial charge in [-0.25, -0.2) is 0 Å². The summed E-state index contributed by atoms with van der Waals surface area (Å²) in [4.78, 5) is 0. The number of rotatable bonds is 7. The van der Waals surface area contributed by atoms with Crippen LogP contribution >= 0.6 is 15.9 Å². The molecule has 1 rings (SSSR count). The Bertz CT molecular complexity index is 343. The van der Waals surface area contributed by atoms with Crippen molar-refractivity contribution in [2.24, 2.45) is 0 Å². The van der Waals surface area contributed by atoms with Crippen LogP contribution in [0.15, 0.2) is 28.7 Å². The Balaban J connectivity index is 2.61. The van der Waals surface area contributed by atoms with Crippen LogP contribution in [0.2, 0.25) is 0 Å². The molecule has 0 spiro atoms. The van der Waals surface area contributed by atoms with E-state index in [2.05, 4.69) is 35.1 Å². The molecule has 0 aliphatic heterocycles. The first-order valence-corrected chi connectivity index (χ1v) is 7.03. The Labute approximate surface area is 113 Å². The van der Waals surface area contributed by atoms with E-state index in [1.807, 2.05) is 24.3 Å². The molecule has 0 aliphatic carbocycles. The van der Waals surface area contributed by atoms with Gasteiger partial charge in [-0.15, -0.1) is 0 Å². The molecule has 1 unspecified atom stereocenters. The predicted octanol–water partition coefficient (Wildman–Crippen LogP) is 4.19. The van der Waals surface area contributed by atoms with Crippen LogP contribution < -0.4 is 5.32 Å². The van der Waals surface area contributed by atoms with Gasteiger partial charge < -0.3 is 10.4 Å². The summed E-state index contributed by atoms with van der Waals surface area (Å²) in [5, 5.41) is 13.0. The molecule has 96 valence electrons. The minimum Gasteiger partial charge on any atom is -0.394 e. The zero-order valence-electron chi connectivity index (χ0n) is 10.7. The van der Waals surface area contributed by atoms with E-state index in [1.165, 1.54) is 12.8 Å². The van der Waals surface area contributed by atoms with Gasteiger partial charge in [-0.05, 0) is 31.5 Å². The Morgan fingerprint density at radius 3 is 2.71 bits per heavy atom. The quantitative estimate of drug-likeness (QED) is 0.740. The van der Waals surface area contributed by atoms with E-state index in [4.69, 9.17) is 0 Å². The van der Waals surface area contributed by atoms with Crippen molar-refractivity contribution in [2.45, 2.75) is 45.1 Å². The second-order valence-electron chi connectivity index (χ2n) is 4.81. The van der Waals surface area contributed by atoms with E-state index in [9.17, 15) is 5.11 Å². The average Bonchev–Trinajstić information content (AvgIpc) is 2.29. The molecule has 0 amide bonds. The van der Waals surface area contributed by atoms with E-state index in [0.717, 1.165) is 23.0 Å². The molecule has 0 heterocycles. The smallest absolute Gasteiger partial charge is 0.0658 e. The molecule has 0 fully saturated rings. The number of hydrogen-bond acceptors (Lipinski definition) is 2. The van der Waals surface area contributed by atoms with Gasteiger partial charge in [-0.2, -0.15) is 0 Å². The highest BCUT2D eigenvalue weighted by molar-refractivity contribution is 9.10. The summed E-state index contributed by atoms with van der Waals surface area (Å²) in [5.74, 6) is 0. The third-order valence-corrected chi connectivity index (χ3v) is 3.45. The maximum absolute atomic E-state index is 9.54. The van der Waals surface area contributed by atoms with Gasteiger partial charge >= 0.3 is 0 Å². The first-order valence-electron chi connectivity index (χ1n) is 6.24. The lowest BCUT2D eigenvalue weighted by Gasteiger charge is -2.30. The fraction of sp³-hybridized carbons (Fsp3) is 0.571. The molecule has 3 heteroatoms. The molecule has 17 heavy (non-hydrogen) atoms. The van der Waals surface area contributed by atoms with Gasteiger partial charge in [0.05, 0.1) is 12.1 Å². The van der Waals surface area contributed by atoms with Crippen LogP contribution in [-0.4, -0.2) is 17.3 Å². The number of halogens is 1. The van der Waals surface area contributed by atoms with Gasteiger partial charge in [0.15, 0.2) is 0 Å². The van der Waals surface area contributed by atoms with Crippen LogP contribution in [-0.2, 0) is 0 Å². The summed E-state index contributed by atoms with van der Waals surface area (Å²) >= 11 is 3.45. The number of aliphatic hydroxyl groups is 1. The molecule has 0 aromatic heterocycles. The van der Waals surface area contributed by atoms with Crippen molar-refractivity contribution in [1.82, 2.24) is 0 Å². The molecular formula is C14H22BrNO. The molecule has 1 aromatic rings. The Hall–Kier alpha value is -0.540. The van der Waals surface area contributed by atoms with Gasteiger partial charge in [0.1, 0.15) is 0 Å². The van der Waals surface area contributed by atoms with Gasteiger partial charge in [0.2, 0.25) is 0 Å². The third-order valence-electron chi connectivity index (χ3n) is 2.95. The molecule has 0 saturated carbocycles. The zero-order valence-corrected chi connectivity index (χ0v) is 12.3. The summed E-state index contributed by atoms with van der Waals surface area (Å²) in [5.41, 5.74) is 0.822. The van der Waals surface area contributed by atoms with Crippen LogP contribution in [0.1, 0.15) is 39.5 Å². The topological polar surface area (TPSA) is 32.3 Å². The molecule has 2 nitrogen and oxygen atoms in total. The molecule has 0 aliphatic rings. The summed E-state index contributed by atoms with van der Waals surface area (Å²) in [6, 6.07) is 8.06. The molecule has 0 bridgehead atoms. The average molecular weight is 300 g/mol. The lowest BCUT2D eigenvalue weighted by molar-refractivity contribution is 0.212. The van der Waals surface area contributed by atoms with E-state index in [1.54, 1.807) is 0 Å². The number of hydrogen-bond donors (Lipinski definition) is 2. The molecular weight excluding hydrogens is 278 g/mol. The number of benzene rings is 1. The van der Waals surface area contributed by atoms with E-state index in [-0.39, 0.29) is 12.1 Å². The van der Waals surface area contributed by atoms with Gasteiger partial charge in [-0.3, -0.25) is 0 Å². The number of anilines is 1. The van der Waals surface area contributed by atoms with E-state index < -0.39 is 0 Å². The van der Waals surface area contributed by atoms with Crippen LogP contribution in [0.5, 0.6) is 0 Å². The predicted molar refractivity (Wildman–Crippen MR) is 77.4 cm³/mol. The number of aliphatic hydroxyl groups excluding tert-OH is 1. The summed E-state index contributed by atoms with van der Waals surface area (Å²) in [6.07, 6.45) is 4.56. The highest BCUT2D eigenvalue weighted by Crippen LogP contribution is 2.23. The van der Waals surface area contributed by atoms with Crippen molar-refractivity contribution >= 4 is 21.6 Å². The number of unbranched alkanes of at least 4 members (excludes halogenated alkanes) is 2. The van der Waals surface area contributed by atoms with Crippen molar-refractivity contribution in [3.05, 3.63) is 28.7 Å². The van der Waals surface area contributed by atoms with Crippen molar-refractivity contribution in [3.63, 3.8) is 0 Å². The van der Waals surface area contributed by atoms with Gasteiger partial charge in [0, 0.05) is 10.2 Å². The lowest BCUT2D eigenvalue weighted by atomic mass is 9.95. The normalized spacial score (nSPS) is 14.4. The molecule has 1 atom stereocenters. The van der Waals surface area contributed by atoms with Gasteiger partial charge in [0.25, 0.3) is 0 Å². The SMILES string of the molecule is CCCCCC(C)(CO)Nc1cccc(Br)c1. The van der Waals surface area contributed by atoms with E-state index in [0.29, 0.717) is 0 Å². The van der Waals surface area contributed by atoms with Crippen molar-refractivity contribution < 1.29 is 5.11 Å². The first-order chi connectivity index (χ1) is 8.09. The third kappa shape index (κ3) is 5.09. The van der Waals surface area contributed by atoms with Crippen LogP contribution in [0.25, 0.3) is 0 Å². The maximum Gasteiger partial charge on any atom is 0.0658 e. The Kier molecular flexibility index (Phi) is 6.00. The first kappa shape index (κ1) is 14.5. The van der Waals surface area contributed by atoms with Crippen molar-refractivity contribution in [2.75, 3.05) is 11.9 Å². The lowest BCUT2D eigenvalue weighted by Crippen LogP contribution is -2.38. The second kappa shape index (κ2) is 7.02. The maximum atomic E-state index is 9.54. The summed E-state index contributed by atoms with van der Waals surface area (Å²) in [7, 11) is 0.